The van der Waals surface area contributed by atoms with Crippen molar-refractivity contribution in [3.8, 4) is 0 Å². The number of halogens is 1. The molecule has 0 amide bonds. The minimum Gasteiger partial charge on any atom is -0.478 e. The number of aromatic carboxylic acids is 1. The van der Waals surface area contributed by atoms with Crippen molar-refractivity contribution in [3.63, 3.8) is 0 Å². The van der Waals surface area contributed by atoms with E-state index >= 15 is 0 Å². The molecule has 2 rings (SSSR count). The Bertz CT molecular complexity index is 632. The van der Waals surface area contributed by atoms with Crippen molar-refractivity contribution >= 4 is 27.6 Å². The lowest BCUT2D eigenvalue weighted by molar-refractivity contribution is 0.0694. The van der Waals surface area contributed by atoms with Gasteiger partial charge in [0.05, 0.1) is 12.2 Å². The van der Waals surface area contributed by atoms with Crippen molar-refractivity contribution in [3.05, 3.63) is 52.0 Å². The maximum absolute atomic E-state index is 11.1. The zero-order valence-corrected chi connectivity index (χ0v) is 12.5. The minimum absolute atomic E-state index is 0.121. The van der Waals surface area contributed by atoms with Gasteiger partial charge in [-0.1, -0.05) is 22.9 Å². The zero-order chi connectivity index (χ0) is 14.5. The zero-order valence-electron chi connectivity index (χ0n) is 10.9. The van der Waals surface area contributed by atoms with Gasteiger partial charge in [0.2, 0.25) is 0 Å². The highest BCUT2D eigenvalue weighted by molar-refractivity contribution is 9.10. The fourth-order valence-corrected chi connectivity index (χ4v) is 2.29. The van der Waals surface area contributed by atoms with Crippen molar-refractivity contribution in [2.75, 3.05) is 5.32 Å². The molecule has 2 aromatic rings. The van der Waals surface area contributed by atoms with Crippen LogP contribution in [0.15, 0.2) is 35.2 Å². The third kappa shape index (κ3) is 3.33. The van der Waals surface area contributed by atoms with E-state index in [0.29, 0.717) is 12.2 Å². The van der Waals surface area contributed by atoms with Crippen LogP contribution in [0, 0.1) is 0 Å². The Balaban J connectivity index is 2.19. The second kappa shape index (κ2) is 6.47. The predicted molar refractivity (Wildman–Crippen MR) is 79.8 cm³/mol. The quantitative estimate of drug-likeness (QED) is 0.877. The van der Waals surface area contributed by atoms with Crippen LogP contribution in [0.3, 0.4) is 0 Å². The second-order valence-electron chi connectivity index (χ2n) is 4.20. The van der Waals surface area contributed by atoms with Crippen LogP contribution in [-0.2, 0) is 13.0 Å². The first-order valence-electron chi connectivity index (χ1n) is 6.16. The fourth-order valence-electron chi connectivity index (χ4n) is 1.88. The van der Waals surface area contributed by atoms with Crippen molar-refractivity contribution in [1.82, 2.24) is 9.97 Å². The summed E-state index contributed by atoms with van der Waals surface area (Å²) in [5, 5.41) is 12.3. The summed E-state index contributed by atoms with van der Waals surface area (Å²) in [5.41, 5.74) is 2.73. The summed E-state index contributed by atoms with van der Waals surface area (Å²) in [5.74, 6) is -1.02. The van der Waals surface area contributed by atoms with Gasteiger partial charge < -0.3 is 10.4 Å². The molecule has 1 heterocycles. The van der Waals surface area contributed by atoms with Crippen LogP contribution in [0.25, 0.3) is 0 Å². The number of carbonyl (C=O) groups is 1. The molecule has 0 saturated carbocycles. The van der Waals surface area contributed by atoms with Gasteiger partial charge >= 0.3 is 5.97 Å². The van der Waals surface area contributed by atoms with Crippen LogP contribution in [0.1, 0.15) is 28.5 Å². The summed E-state index contributed by atoms with van der Waals surface area (Å²) in [6.07, 6.45) is 3.55. The molecule has 0 aliphatic heterocycles. The third-order valence-electron chi connectivity index (χ3n) is 2.92. The number of aromatic nitrogens is 2. The summed E-state index contributed by atoms with van der Waals surface area (Å²) < 4.78 is 1.02. The van der Waals surface area contributed by atoms with E-state index in [0.717, 1.165) is 22.1 Å². The number of nitrogens with one attached hydrogen (secondary N) is 1. The molecule has 0 atom stereocenters. The largest absolute Gasteiger partial charge is 0.478 e. The van der Waals surface area contributed by atoms with E-state index < -0.39 is 5.97 Å². The summed E-state index contributed by atoms with van der Waals surface area (Å²) in [7, 11) is 0. The summed E-state index contributed by atoms with van der Waals surface area (Å²) in [6.45, 7) is 2.42. The predicted octanol–water partition coefficient (Wildman–Crippen LogP) is 3.11. The molecule has 2 N–H and O–H groups in total. The maximum atomic E-state index is 11.1. The van der Waals surface area contributed by atoms with Crippen LogP contribution in [0.5, 0.6) is 0 Å². The molecule has 0 aliphatic rings. The lowest BCUT2D eigenvalue weighted by Gasteiger charge is -2.12. The number of carboxylic acids is 1. The third-order valence-corrected chi connectivity index (χ3v) is 3.41. The Labute approximate surface area is 125 Å². The van der Waals surface area contributed by atoms with E-state index in [1.54, 1.807) is 0 Å². The van der Waals surface area contributed by atoms with Crippen molar-refractivity contribution < 1.29 is 9.90 Å². The molecule has 0 spiro atoms. The number of hydrogen-bond acceptors (Lipinski definition) is 4. The minimum atomic E-state index is -1.02. The monoisotopic (exact) mass is 335 g/mol. The van der Waals surface area contributed by atoms with E-state index in [1.807, 2.05) is 18.2 Å². The van der Waals surface area contributed by atoms with Gasteiger partial charge in [0.15, 0.2) is 0 Å². The smallest absolute Gasteiger partial charge is 0.339 e. The average molecular weight is 336 g/mol. The molecule has 6 heteroatoms. The molecule has 0 saturated heterocycles. The molecule has 0 aliphatic carbocycles. The molecule has 1 aromatic carbocycles. The van der Waals surface area contributed by atoms with Crippen molar-refractivity contribution in [2.24, 2.45) is 0 Å². The average Bonchev–Trinajstić information content (AvgIpc) is 2.46. The van der Waals surface area contributed by atoms with Gasteiger partial charge in [0.25, 0.3) is 0 Å². The molecular formula is C14H14BrN3O2. The number of nitrogens with zero attached hydrogens (tertiary/aromatic N) is 2. The van der Waals surface area contributed by atoms with E-state index in [4.69, 9.17) is 5.11 Å². The van der Waals surface area contributed by atoms with Gasteiger partial charge in [0, 0.05) is 16.4 Å². The summed E-state index contributed by atoms with van der Waals surface area (Å²) >= 11 is 3.44. The summed E-state index contributed by atoms with van der Waals surface area (Å²) in [4.78, 5) is 18.9. The Morgan fingerprint density at radius 3 is 2.95 bits per heavy atom. The van der Waals surface area contributed by atoms with Crippen molar-refractivity contribution in [1.29, 1.82) is 0 Å². The first-order chi connectivity index (χ1) is 9.61. The lowest BCUT2D eigenvalue weighted by atomic mass is 10.1. The molecular weight excluding hydrogens is 322 g/mol. The topological polar surface area (TPSA) is 75.1 Å². The number of carboxylic acid groups (broad SMARTS) is 1. The Hall–Kier alpha value is -1.95. The SMILES string of the molecule is CCc1cc(Br)ccc1NCc1ncncc1C(=O)O. The van der Waals surface area contributed by atoms with Gasteiger partial charge in [0.1, 0.15) is 11.9 Å². The number of rotatable bonds is 5. The number of aryl methyl sites for hydroxylation is 1. The van der Waals surface area contributed by atoms with Crippen LogP contribution in [-0.4, -0.2) is 21.0 Å². The molecule has 20 heavy (non-hydrogen) atoms. The fraction of sp³-hybridized carbons (Fsp3) is 0.214. The molecule has 0 bridgehead atoms. The van der Waals surface area contributed by atoms with Crippen LogP contribution in [0.4, 0.5) is 5.69 Å². The van der Waals surface area contributed by atoms with Gasteiger partial charge in [-0.25, -0.2) is 14.8 Å². The maximum Gasteiger partial charge on any atom is 0.339 e. The Kier molecular flexibility index (Phi) is 4.68. The van der Waals surface area contributed by atoms with E-state index in [9.17, 15) is 4.79 Å². The standard InChI is InChI=1S/C14H14BrN3O2/c1-2-9-5-10(15)3-4-12(9)17-7-13-11(14(19)20)6-16-8-18-13/h3-6,8,17H,2,7H2,1H3,(H,19,20). The van der Waals surface area contributed by atoms with Gasteiger partial charge in [-0.2, -0.15) is 0 Å². The molecule has 0 radical (unpaired) electrons. The van der Waals surface area contributed by atoms with Crippen molar-refractivity contribution in [2.45, 2.75) is 19.9 Å². The normalized spacial score (nSPS) is 10.3. The summed E-state index contributed by atoms with van der Waals surface area (Å²) in [6, 6.07) is 5.95. The van der Waals surface area contributed by atoms with Crippen LogP contribution >= 0.6 is 15.9 Å². The van der Waals surface area contributed by atoms with E-state index in [1.165, 1.54) is 12.5 Å². The molecule has 0 fully saturated rings. The lowest BCUT2D eigenvalue weighted by Crippen LogP contribution is -2.10. The molecule has 1 aromatic heterocycles. The first-order valence-corrected chi connectivity index (χ1v) is 6.95. The van der Waals surface area contributed by atoms with Crippen LogP contribution in [0.2, 0.25) is 0 Å². The number of hydrogen-bond donors (Lipinski definition) is 2. The number of benzene rings is 1. The van der Waals surface area contributed by atoms with E-state index in [-0.39, 0.29) is 5.56 Å². The number of anilines is 1. The van der Waals surface area contributed by atoms with Gasteiger partial charge in [-0.05, 0) is 30.2 Å². The Morgan fingerprint density at radius 2 is 2.25 bits per heavy atom. The highest BCUT2D eigenvalue weighted by Crippen LogP contribution is 2.22. The molecule has 5 nitrogen and oxygen atoms in total. The first kappa shape index (κ1) is 14.5. The Morgan fingerprint density at radius 1 is 1.45 bits per heavy atom. The molecule has 104 valence electrons. The molecule has 0 unspecified atom stereocenters. The second-order valence-corrected chi connectivity index (χ2v) is 5.11. The van der Waals surface area contributed by atoms with Gasteiger partial charge in [-0.15, -0.1) is 0 Å². The van der Waals surface area contributed by atoms with Gasteiger partial charge in [-0.3, -0.25) is 0 Å². The van der Waals surface area contributed by atoms with E-state index in [2.05, 4.69) is 38.1 Å². The highest BCUT2D eigenvalue weighted by atomic mass is 79.9. The van der Waals surface area contributed by atoms with Crippen LogP contribution < -0.4 is 5.32 Å². The highest BCUT2D eigenvalue weighted by Gasteiger charge is 2.11.